The van der Waals surface area contributed by atoms with Crippen LogP contribution in [-0.2, 0) is 24.4 Å². The van der Waals surface area contributed by atoms with E-state index in [1.807, 2.05) is 18.2 Å². The number of fused-ring (bicyclic) bond motifs is 1. The predicted octanol–water partition coefficient (Wildman–Crippen LogP) is 6.22. The highest BCUT2D eigenvalue weighted by Gasteiger charge is 2.26. The third-order valence-corrected chi connectivity index (χ3v) is 8.72. The number of hydrogen-bond acceptors (Lipinski definition) is 6. The SMILES string of the molecule is COc1cccc(-n2c(=O)c3c(CN(C)C(=O)OCc4ccccc4)c(Br)sc3n(Cc3c(F)cccc3F)c2=O)c1F. The van der Waals surface area contributed by atoms with Gasteiger partial charge in [0, 0.05) is 18.2 Å². The third kappa shape index (κ3) is 5.82. The zero-order chi connectivity index (χ0) is 30.8. The van der Waals surface area contributed by atoms with Crippen molar-refractivity contribution >= 4 is 43.6 Å². The highest BCUT2D eigenvalue weighted by Crippen LogP contribution is 2.35. The van der Waals surface area contributed by atoms with Gasteiger partial charge in [-0.1, -0.05) is 42.5 Å². The van der Waals surface area contributed by atoms with E-state index in [0.29, 0.717) is 13.9 Å². The second kappa shape index (κ2) is 12.5. The summed E-state index contributed by atoms with van der Waals surface area (Å²) in [4.78, 5) is 41.9. The number of carbonyl (C=O) groups excluding carboxylic acids is 1. The van der Waals surface area contributed by atoms with Crippen LogP contribution in [0.5, 0.6) is 5.75 Å². The molecule has 13 heteroatoms. The molecular weight excluding hydrogens is 651 g/mol. The van der Waals surface area contributed by atoms with Crippen molar-refractivity contribution in [2.24, 2.45) is 0 Å². The van der Waals surface area contributed by atoms with Crippen molar-refractivity contribution in [2.45, 2.75) is 19.7 Å². The zero-order valence-corrected chi connectivity index (χ0v) is 25.2. The first-order chi connectivity index (χ1) is 20.6. The van der Waals surface area contributed by atoms with Gasteiger partial charge in [-0.25, -0.2) is 27.3 Å². The van der Waals surface area contributed by atoms with Crippen LogP contribution in [0.4, 0.5) is 18.0 Å². The molecule has 0 aliphatic rings. The van der Waals surface area contributed by atoms with E-state index in [2.05, 4.69) is 15.9 Å². The maximum atomic E-state index is 15.4. The molecule has 0 spiro atoms. The summed E-state index contributed by atoms with van der Waals surface area (Å²) in [7, 11) is 2.70. The van der Waals surface area contributed by atoms with Crippen LogP contribution < -0.4 is 16.0 Å². The predicted molar refractivity (Wildman–Crippen MR) is 159 cm³/mol. The molecule has 222 valence electrons. The summed E-state index contributed by atoms with van der Waals surface area (Å²) < 4.78 is 57.2. The second-order valence-corrected chi connectivity index (χ2v) is 11.8. The van der Waals surface area contributed by atoms with Gasteiger partial charge in [0.2, 0.25) is 0 Å². The molecule has 0 unspecified atom stereocenters. The number of hydrogen-bond donors (Lipinski definition) is 0. The minimum Gasteiger partial charge on any atom is -0.494 e. The Morgan fingerprint density at radius 1 is 0.953 bits per heavy atom. The average molecular weight is 674 g/mol. The number of ether oxygens (including phenoxy) is 2. The molecule has 5 rings (SSSR count). The Labute approximate surface area is 255 Å². The van der Waals surface area contributed by atoms with Gasteiger partial charge < -0.3 is 14.4 Å². The van der Waals surface area contributed by atoms with Gasteiger partial charge >= 0.3 is 11.8 Å². The normalized spacial score (nSPS) is 11.1. The smallest absolute Gasteiger partial charge is 0.410 e. The Morgan fingerprint density at radius 2 is 1.63 bits per heavy atom. The van der Waals surface area contributed by atoms with Crippen LogP contribution in [0, 0.1) is 17.5 Å². The summed E-state index contributed by atoms with van der Waals surface area (Å²) in [5.74, 6) is -3.00. The molecule has 2 heterocycles. The first-order valence-electron chi connectivity index (χ1n) is 12.8. The topological polar surface area (TPSA) is 82.8 Å². The second-order valence-electron chi connectivity index (χ2n) is 9.43. The summed E-state index contributed by atoms with van der Waals surface area (Å²) >= 11 is 4.39. The lowest BCUT2D eigenvalue weighted by atomic mass is 10.2. The fourth-order valence-corrected chi connectivity index (χ4v) is 6.35. The van der Waals surface area contributed by atoms with Gasteiger partial charge in [0.05, 0.1) is 35.1 Å². The van der Waals surface area contributed by atoms with Gasteiger partial charge in [-0.3, -0.25) is 9.36 Å². The molecule has 0 radical (unpaired) electrons. The molecular formula is C30H23BrF3N3O5S. The van der Waals surface area contributed by atoms with Crippen LogP contribution in [0.25, 0.3) is 15.9 Å². The Kier molecular flexibility index (Phi) is 8.74. The number of thiophene rings is 1. The molecule has 1 amide bonds. The van der Waals surface area contributed by atoms with Gasteiger partial charge in [-0.2, -0.15) is 0 Å². The Bertz CT molecular complexity index is 1940. The van der Waals surface area contributed by atoms with Crippen molar-refractivity contribution < 1.29 is 27.4 Å². The lowest BCUT2D eigenvalue weighted by molar-refractivity contribution is 0.103. The largest absolute Gasteiger partial charge is 0.494 e. The van der Waals surface area contributed by atoms with Crippen LogP contribution in [-0.4, -0.2) is 34.3 Å². The standard InChI is InChI=1S/C30H23BrF3N3O5S/c1-35(30(40)42-16-17-8-4-3-5-9-17)14-19-24-27(38)37(22-12-7-13-23(41-2)25(22)34)29(39)36(28(24)43-26(19)31)15-18-20(32)10-6-11-21(18)33/h3-13H,14-16H2,1-2H3. The van der Waals surface area contributed by atoms with Gasteiger partial charge in [0.25, 0.3) is 5.56 Å². The molecule has 0 fully saturated rings. The number of amides is 1. The third-order valence-electron chi connectivity index (χ3n) is 6.72. The lowest BCUT2D eigenvalue weighted by Crippen LogP contribution is -2.40. The van der Waals surface area contributed by atoms with E-state index >= 15 is 4.39 Å². The van der Waals surface area contributed by atoms with Gasteiger partial charge in [0.1, 0.15) is 23.1 Å². The molecule has 0 atom stereocenters. The average Bonchev–Trinajstić information content (AvgIpc) is 3.32. The van der Waals surface area contributed by atoms with Crippen molar-refractivity contribution in [2.75, 3.05) is 14.2 Å². The molecule has 0 bridgehead atoms. The van der Waals surface area contributed by atoms with Gasteiger partial charge in [-0.05, 0) is 45.8 Å². The number of benzene rings is 3. The molecule has 0 saturated carbocycles. The fourth-order valence-electron chi connectivity index (χ4n) is 4.54. The van der Waals surface area contributed by atoms with Crippen molar-refractivity contribution in [3.05, 3.63) is 125 Å². The van der Waals surface area contributed by atoms with E-state index in [1.165, 1.54) is 43.3 Å². The van der Waals surface area contributed by atoms with Gasteiger partial charge in [0.15, 0.2) is 11.6 Å². The van der Waals surface area contributed by atoms with Crippen LogP contribution in [0.3, 0.4) is 0 Å². The Balaban J connectivity index is 1.66. The summed E-state index contributed by atoms with van der Waals surface area (Å²) in [6.45, 7) is -0.720. The Morgan fingerprint density at radius 3 is 2.30 bits per heavy atom. The van der Waals surface area contributed by atoms with Crippen LogP contribution in [0.1, 0.15) is 16.7 Å². The highest BCUT2D eigenvalue weighted by atomic mass is 79.9. The van der Waals surface area contributed by atoms with E-state index in [4.69, 9.17) is 9.47 Å². The van der Waals surface area contributed by atoms with Crippen molar-refractivity contribution in [3.63, 3.8) is 0 Å². The number of rotatable bonds is 8. The summed E-state index contributed by atoms with van der Waals surface area (Å²) in [6, 6.07) is 16.3. The summed E-state index contributed by atoms with van der Waals surface area (Å²) in [6.07, 6.45) is -0.684. The molecule has 0 saturated heterocycles. The highest BCUT2D eigenvalue weighted by molar-refractivity contribution is 9.11. The van der Waals surface area contributed by atoms with E-state index in [1.54, 1.807) is 12.1 Å². The van der Waals surface area contributed by atoms with Gasteiger partial charge in [-0.15, -0.1) is 11.3 Å². The monoisotopic (exact) mass is 673 g/mol. The minimum atomic E-state index is -1.02. The number of carbonyl (C=O) groups is 1. The summed E-state index contributed by atoms with van der Waals surface area (Å²) in [5.41, 5.74) is -1.68. The van der Waals surface area contributed by atoms with Crippen LogP contribution in [0.15, 0.2) is 80.1 Å². The zero-order valence-electron chi connectivity index (χ0n) is 22.8. The lowest BCUT2D eigenvalue weighted by Gasteiger charge is -2.18. The van der Waals surface area contributed by atoms with Crippen molar-refractivity contribution in [3.8, 4) is 11.4 Å². The first-order valence-corrected chi connectivity index (χ1v) is 14.4. The number of methoxy groups -OCH3 is 1. The van der Waals surface area contributed by atoms with E-state index < -0.39 is 52.6 Å². The maximum absolute atomic E-state index is 15.4. The Hall–Kier alpha value is -4.36. The fraction of sp³-hybridized carbons (Fsp3) is 0.167. The molecule has 0 N–H and O–H groups in total. The van der Waals surface area contributed by atoms with E-state index in [9.17, 15) is 23.2 Å². The number of halogens is 4. The minimum absolute atomic E-state index is 0.0191. The van der Waals surface area contributed by atoms with E-state index in [-0.39, 0.29) is 29.1 Å². The molecule has 3 aromatic carbocycles. The number of nitrogens with zero attached hydrogens (tertiary/aromatic N) is 3. The molecule has 0 aliphatic heterocycles. The number of aromatic nitrogens is 2. The maximum Gasteiger partial charge on any atom is 0.410 e. The molecule has 8 nitrogen and oxygen atoms in total. The molecule has 2 aromatic heterocycles. The molecule has 0 aliphatic carbocycles. The summed E-state index contributed by atoms with van der Waals surface area (Å²) in [5, 5.41) is -0.0434. The van der Waals surface area contributed by atoms with Crippen molar-refractivity contribution in [1.82, 2.24) is 14.0 Å². The van der Waals surface area contributed by atoms with Crippen molar-refractivity contribution in [1.29, 1.82) is 0 Å². The molecule has 5 aromatic rings. The van der Waals surface area contributed by atoms with Crippen LogP contribution >= 0.6 is 27.3 Å². The first kappa shape index (κ1) is 30.1. The molecule has 43 heavy (non-hydrogen) atoms. The quantitative estimate of drug-likeness (QED) is 0.195. The van der Waals surface area contributed by atoms with Crippen LogP contribution in [0.2, 0.25) is 0 Å². The van der Waals surface area contributed by atoms with E-state index in [0.717, 1.165) is 33.6 Å².